The Morgan fingerprint density at radius 2 is 1.92 bits per heavy atom. The normalized spacial score (nSPS) is 16.3. The summed E-state index contributed by atoms with van der Waals surface area (Å²) in [5, 5.41) is 6.09. The molecule has 1 atom stereocenters. The van der Waals surface area contributed by atoms with Gasteiger partial charge in [0.05, 0.1) is 19.1 Å². The second-order valence-corrected chi connectivity index (χ2v) is 6.71. The Hall–Kier alpha value is -1.92. The molecule has 1 fully saturated rings. The molecule has 2 amide bonds. The number of likely N-dealkylation sites (tertiary alicyclic amines) is 1. The van der Waals surface area contributed by atoms with Crippen LogP contribution in [0.4, 0.5) is 0 Å². The fourth-order valence-corrected chi connectivity index (χ4v) is 3.36. The molecule has 0 bridgehead atoms. The first kappa shape index (κ1) is 20.4. The first-order chi connectivity index (χ1) is 12.7. The van der Waals surface area contributed by atoms with Gasteiger partial charge in [0, 0.05) is 32.8 Å². The molecule has 0 radical (unpaired) electrons. The maximum Gasteiger partial charge on any atom is 0.234 e. The van der Waals surface area contributed by atoms with E-state index >= 15 is 0 Å². The highest BCUT2D eigenvalue weighted by atomic mass is 16.5. The average molecular weight is 361 g/mol. The summed E-state index contributed by atoms with van der Waals surface area (Å²) < 4.78 is 4.94. The van der Waals surface area contributed by atoms with E-state index in [1.807, 2.05) is 35.2 Å². The number of nitrogens with one attached hydrogen (secondary N) is 2. The molecule has 1 saturated heterocycles. The average Bonchev–Trinajstić information content (AvgIpc) is 2.67. The van der Waals surface area contributed by atoms with Gasteiger partial charge >= 0.3 is 0 Å². The summed E-state index contributed by atoms with van der Waals surface area (Å²) in [7, 11) is 1.64. The van der Waals surface area contributed by atoms with Crippen LogP contribution in [0.2, 0.25) is 0 Å². The van der Waals surface area contributed by atoms with E-state index in [0.717, 1.165) is 24.8 Å². The lowest BCUT2D eigenvalue weighted by Crippen LogP contribution is -2.49. The predicted molar refractivity (Wildman–Crippen MR) is 102 cm³/mol. The molecule has 0 aromatic heterocycles. The zero-order chi connectivity index (χ0) is 18.8. The summed E-state index contributed by atoms with van der Waals surface area (Å²) in [6.45, 7) is 5.00. The summed E-state index contributed by atoms with van der Waals surface area (Å²) in [6, 6.07) is 10.1. The van der Waals surface area contributed by atoms with Gasteiger partial charge in [-0.1, -0.05) is 37.3 Å². The highest BCUT2D eigenvalue weighted by Crippen LogP contribution is 2.24. The van der Waals surface area contributed by atoms with Crippen LogP contribution in [0.3, 0.4) is 0 Å². The molecule has 0 aliphatic carbocycles. The topological polar surface area (TPSA) is 70.7 Å². The first-order valence-electron chi connectivity index (χ1n) is 9.48. The van der Waals surface area contributed by atoms with Gasteiger partial charge in [0.1, 0.15) is 0 Å². The zero-order valence-corrected chi connectivity index (χ0v) is 15.9. The van der Waals surface area contributed by atoms with Crippen molar-refractivity contribution in [1.82, 2.24) is 15.5 Å². The smallest absolute Gasteiger partial charge is 0.234 e. The minimum Gasteiger partial charge on any atom is -0.383 e. The molecular weight excluding hydrogens is 330 g/mol. The molecule has 6 heteroatoms. The number of benzene rings is 1. The van der Waals surface area contributed by atoms with Gasteiger partial charge in [-0.05, 0) is 24.8 Å². The van der Waals surface area contributed by atoms with Crippen LogP contribution < -0.4 is 10.6 Å². The van der Waals surface area contributed by atoms with Gasteiger partial charge in [-0.2, -0.15) is 0 Å². The van der Waals surface area contributed by atoms with Gasteiger partial charge in [0.15, 0.2) is 0 Å². The summed E-state index contributed by atoms with van der Waals surface area (Å²) in [5.41, 5.74) is 1.08. The first-order valence-corrected chi connectivity index (χ1v) is 9.48. The third kappa shape index (κ3) is 6.11. The van der Waals surface area contributed by atoms with E-state index in [9.17, 15) is 9.59 Å². The van der Waals surface area contributed by atoms with Crippen molar-refractivity contribution >= 4 is 11.8 Å². The lowest BCUT2D eigenvalue weighted by molar-refractivity contribution is -0.134. The number of ether oxygens (including phenoxy) is 1. The van der Waals surface area contributed by atoms with Crippen LogP contribution in [0.5, 0.6) is 0 Å². The fourth-order valence-electron chi connectivity index (χ4n) is 3.36. The van der Waals surface area contributed by atoms with Crippen molar-refractivity contribution in [2.75, 3.05) is 39.9 Å². The number of hydrogen-bond donors (Lipinski definition) is 2. The van der Waals surface area contributed by atoms with Crippen LogP contribution in [0, 0.1) is 0 Å². The number of methoxy groups -OCH3 is 1. The van der Waals surface area contributed by atoms with Crippen molar-refractivity contribution in [1.29, 1.82) is 0 Å². The summed E-state index contributed by atoms with van der Waals surface area (Å²) in [5.74, 6) is 0.124. The van der Waals surface area contributed by atoms with Crippen LogP contribution in [-0.4, -0.2) is 62.7 Å². The van der Waals surface area contributed by atoms with Gasteiger partial charge in [-0.25, -0.2) is 0 Å². The number of carbonyl (C=O) groups excluding carboxylic acids is 2. The number of piperidine rings is 1. The Morgan fingerprint density at radius 3 is 2.54 bits per heavy atom. The maximum atomic E-state index is 12.9. The summed E-state index contributed by atoms with van der Waals surface area (Å²) >= 11 is 0. The molecule has 1 heterocycles. The molecule has 2 N–H and O–H groups in total. The number of nitrogens with zero attached hydrogens (tertiary/aromatic N) is 1. The second kappa shape index (κ2) is 10.9. The lowest BCUT2D eigenvalue weighted by Gasteiger charge is -2.34. The molecule has 6 nitrogen and oxygen atoms in total. The van der Waals surface area contributed by atoms with Crippen molar-refractivity contribution < 1.29 is 14.3 Å². The number of carbonyl (C=O) groups is 2. The van der Waals surface area contributed by atoms with E-state index in [1.165, 1.54) is 0 Å². The standard InChI is InChI=1S/C20H31N3O3/c1-3-18(16-7-5-4-6-8-16)20(25)23-12-9-17(10-13-23)22-19(24)15-21-11-14-26-2/h4-8,17-18,21H,3,9-15H2,1-2H3,(H,22,24). The molecule has 1 unspecified atom stereocenters. The third-order valence-corrected chi connectivity index (χ3v) is 4.85. The van der Waals surface area contributed by atoms with Crippen LogP contribution in [0.25, 0.3) is 0 Å². The lowest BCUT2D eigenvalue weighted by atomic mass is 9.93. The van der Waals surface area contributed by atoms with Crippen molar-refractivity contribution in [2.45, 2.75) is 38.1 Å². The van der Waals surface area contributed by atoms with E-state index in [2.05, 4.69) is 17.6 Å². The van der Waals surface area contributed by atoms with Gasteiger partial charge in [-0.15, -0.1) is 0 Å². The number of hydrogen-bond acceptors (Lipinski definition) is 4. The van der Waals surface area contributed by atoms with Gasteiger partial charge in [0.2, 0.25) is 11.8 Å². The van der Waals surface area contributed by atoms with Crippen molar-refractivity contribution in [3.05, 3.63) is 35.9 Å². The van der Waals surface area contributed by atoms with Crippen LogP contribution in [-0.2, 0) is 14.3 Å². The van der Waals surface area contributed by atoms with E-state index in [1.54, 1.807) is 7.11 Å². The quantitative estimate of drug-likeness (QED) is 0.655. The van der Waals surface area contributed by atoms with Crippen LogP contribution in [0.15, 0.2) is 30.3 Å². The number of amides is 2. The van der Waals surface area contributed by atoms with E-state index in [-0.39, 0.29) is 23.8 Å². The highest BCUT2D eigenvalue weighted by Gasteiger charge is 2.28. The van der Waals surface area contributed by atoms with Crippen molar-refractivity contribution in [2.24, 2.45) is 0 Å². The minimum atomic E-state index is -0.0766. The Kier molecular flexibility index (Phi) is 8.58. The van der Waals surface area contributed by atoms with Crippen LogP contribution in [0.1, 0.15) is 37.7 Å². The molecule has 1 aliphatic rings. The summed E-state index contributed by atoms with van der Waals surface area (Å²) in [6.07, 6.45) is 2.41. The molecule has 0 spiro atoms. The minimum absolute atomic E-state index is 0.00148. The van der Waals surface area contributed by atoms with E-state index in [0.29, 0.717) is 32.8 Å². The molecule has 1 aromatic rings. The van der Waals surface area contributed by atoms with Crippen LogP contribution >= 0.6 is 0 Å². The molecule has 2 rings (SSSR count). The largest absolute Gasteiger partial charge is 0.383 e. The molecular formula is C20H31N3O3. The monoisotopic (exact) mass is 361 g/mol. The summed E-state index contributed by atoms with van der Waals surface area (Å²) in [4.78, 5) is 26.8. The number of rotatable bonds is 9. The second-order valence-electron chi connectivity index (χ2n) is 6.71. The van der Waals surface area contributed by atoms with Gasteiger partial charge in [0.25, 0.3) is 0 Å². The molecule has 0 saturated carbocycles. The SMILES string of the molecule is CCC(C(=O)N1CCC(NC(=O)CNCCOC)CC1)c1ccccc1. The molecule has 1 aliphatic heterocycles. The van der Waals surface area contributed by atoms with Crippen molar-refractivity contribution in [3.8, 4) is 0 Å². The Labute approximate surface area is 156 Å². The van der Waals surface area contributed by atoms with Gasteiger partial charge < -0.3 is 20.3 Å². The fraction of sp³-hybridized carbons (Fsp3) is 0.600. The van der Waals surface area contributed by atoms with Crippen molar-refractivity contribution in [3.63, 3.8) is 0 Å². The van der Waals surface area contributed by atoms with E-state index in [4.69, 9.17) is 4.74 Å². The predicted octanol–water partition coefficient (Wildman–Crippen LogP) is 1.52. The van der Waals surface area contributed by atoms with E-state index < -0.39 is 0 Å². The Balaban J connectivity index is 1.76. The highest BCUT2D eigenvalue weighted by molar-refractivity contribution is 5.84. The molecule has 144 valence electrons. The molecule has 26 heavy (non-hydrogen) atoms. The zero-order valence-electron chi connectivity index (χ0n) is 15.9. The Bertz CT molecular complexity index is 557. The molecule has 1 aromatic carbocycles. The third-order valence-electron chi connectivity index (χ3n) is 4.85. The van der Waals surface area contributed by atoms with Gasteiger partial charge in [-0.3, -0.25) is 9.59 Å². The maximum absolute atomic E-state index is 12.9. The Morgan fingerprint density at radius 1 is 1.23 bits per heavy atom.